The molecule has 0 radical (unpaired) electrons. The molecule has 2 rings (SSSR count). The summed E-state index contributed by atoms with van der Waals surface area (Å²) in [7, 11) is 0. The molecular formula is C18H22N2O2. The summed E-state index contributed by atoms with van der Waals surface area (Å²) in [6.07, 6.45) is 5.98. The maximum atomic E-state index is 12.2. The Bertz CT molecular complexity index is 593. The van der Waals surface area contributed by atoms with E-state index < -0.39 is 0 Å². The van der Waals surface area contributed by atoms with Crippen LogP contribution in [0, 0.1) is 11.3 Å². The van der Waals surface area contributed by atoms with Crippen LogP contribution >= 0.6 is 0 Å². The van der Waals surface area contributed by atoms with Gasteiger partial charge in [-0.15, -0.1) is 0 Å². The van der Waals surface area contributed by atoms with Gasteiger partial charge in [-0.05, 0) is 50.5 Å². The van der Waals surface area contributed by atoms with Crippen molar-refractivity contribution in [3.05, 3.63) is 35.4 Å². The van der Waals surface area contributed by atoms with Crippen molar-refractivity contribution in [3.63, 3.8) is 0 Å². The normalized spacial score (nSPS) is 15.6. The van der Waals surface area contributed by atoms with Crippen LogP contribution in [0.15, 0.2) is 29.8 Å². The fraction of sp³-hybridized carbons (Fsp3) is 0.444. The van der Waals surface area contributed by atoms with E-state index in [1.54, 1.807) is 6.08 Å². The molecule has 0 spiro atoms. The minimum Gasteiger partial charge on any atom is -0.491 e. The predicted octanol–water partition coefficient (Wildman–Crippen LogP) is 3.44. The van der Waals surface area contributed by atoms with Crippen LogP contribution in [0.3, 0.4) is 0 Å². The second kappa shape index (κ2) is 7.65. The second-order valence-electron chi connectivity index (χ2n) is 5.86. The molecule has 0 unspecified atom stereocenters. The van der Waals surface area contributed by atoms with E-state index in [2.05, 4.69) is 5.32 Å². The number of ether oxygens (including phenoxy) is 1. The van der Waals surface area contributed by atoms with Gasteiger partial charge in [-0.1, -0.05) is 25.0 Å². The maximum Gasteiger partial charge on any atom is 0.262 e. The summed E-state index contributed by atoms with van der Waals surface area (Å²) < 4.78 is 5.63. The van der Waals surface area contributed by atoms with E-state index in [1.165, 1.54) is 0 Å². The van der Waals surface area contributed by atoms with E-state index in [-0.39, 0.29) is 23.6 Å². The molecule has 1 aliphatic carbocycles. The number of benzene rings is 1. The summed E-state index contributed by atoms with van der Waals surface area (Å²) in [5, 5.41) is 12.2. The van der Waals surface area contributed by atoms with Crippen molar-refractivity contribution in [2.24, 2.45) is 0 Å². The topological polar surface area (TPSA) is 62.1 Å². The zero-order valence-electron chi connectivity index (χ0n) is 13.1. The van der Waals surface area contributed by atoms with Gasteiger partial charge in [0.1, 0.15) is 17.4 Å². The van der Waals surface area contributed by atoms with Crippen LogP contribution in [0.4, 0.5) is 0 Å². The average Bonchev–Trinajstić information content (AvgIpc) is 2.97. The third kappa shape index (κ3) is 4.63. The van der Waals surface area contributed by atoms with Gasteiger partial charge >= 0.3 is 0 Å². The van der Waals surface area contributed by atoms with Gasteiger partial charge in [-0.3, -0.25) is 4.79 Å². The Hall–Kier alpha value is -2.28. The summed E-state index contributed by atoms with van der Waals surface area (Å²) in [6, 6.07) is 9.61. The molecule has 1 aromatic rings. The van der Waals surface area contributed by atoms with Crippen molar-refractivity contribution in [3.8, 4) is 11.8 Å². The molecule has 0 aliphatic heterocycles. The number of amides is 1. The standard InChI is InChI=1S/C18H22N2O2/c1-13(2)22-17-9-5-6-14(11-17)10-15(12-19)18(21)20-16-7-3-4-8-16/h5-6,9-11,13,16H,3-4,7-8H2,1-2H3,(H,20,21)/b15-10+. The minimum absolute atomic E-state index is 0.0836. The lowest BCUT2D eigenvalue weighted by Crippen LogP contribution is -2.33. The molecule has 1 fully saturated rings. The van der Waals surface area contributed by atoms with Gasteiger partial charge in [0.15, 0.2) is 0 Å². The van der Waals surface area contributed by atoms with Crippen LogP contribution < -0.4 is 10.1 Å². The third-order valence-corrected chi connectivity index (χ3v) is 3.60. The van der Waals surface area contributed by atoms with Crippen LogP contribution in [0.25, 0.3) is 6.08 Å². The van der Waals surface area contributed by atoms with E-state index in [0.29, 0.717) is 0 Å². The first-order valence-electron chi connectivity index (χ1n) is 7.78. The summed E-state index contributed by atoms with van der Waals surface area (Å²) in [5.74, 6) is 0.446. The Morgan fingerprint density at radius 2 is 2.14 bits per heavy atom. The number of carbonyl (C=O) groups is 1. The van der Waals surface area contributed by atoms with Crippen LogP contribution in [0.1, 0.15) is 45.1 Å². The average molecular weight is 298 g/mol. The third-order valence-electron chi connectivity index (χ3n) is 3.60. The number of hydrogen-bond acceptors (Lipinski definition) is 3. The number of nitrogens with one attached hydrogen (secondary N) is 1. The van der Waals surface area contributed by atoms with Crippen LogP contribution in [-0.4, -0.2) is 18.1 Å². The highest BCUT2D eigenvalue weighted by atomic mass is 16.5. The SMILES string of the molecule is CC(C)Oc1cccc(/C=C(\C#N)C(=O)NC2CCCC2)c1. The monoisotopic (exact) mass is 298 g/mol. The molecule has 22 heavy (non-hydrogen) atoms. The molecule has 0 heterocycles. The maximum absolute atomic E-state index is 12.2. The van der Waals surface area contributed by atoms with Gasteiger partial charge in [0.05, 0.1) is 6.10 Å². The Kier molecular flexibility index (Phi) is 5.60. The molecule has 0 saturated heterocycles. The molecule has 1 saturated carbocycles. The molecular weight excluding hydrogens is 276 g/mol. The zero-order chi connectivity index (χ0) is 15.9. The van der Waals surface area contributed by atoms with Gasteiger partial charge in [-0.25, -0.2) is 0 Å². The highest BCUT2D eigenvalue weighted by molar-refractivity contribution is 6.01. The first-order valence-corrected chi connectivity index (χ1v) is 7.78. The van der Waals surface area contributed by atoms with Gasteiger partial charge in [-0.2, -0.15) is 5.26 Å². The van der Waals surface area contributed by atoms with Crippen molar-refractivity contribution in [2.75, 3.05) is 0 Å². The minimum atomic E-state index is -0.287. The smallest absolute Gasteiger partial charge is 0.262 e. The Morgan fingerprint density at radius 3 is 2.77 bits per heavy atom. The lowest BCUT2D eigenvalue weighted by Gasteiger charge is -2.11. The number of rotatable bonds is 5. The molecule has 1 aliphatic rings. The molecule has 0 aromatic heterocycles. The predicted molar refractivity (Wildman–Crippen MR) is 86.2 cm³/mol. The Balaban J connectivity index is 2.10. The molecule has 1 aromatic carbocycles. The first kappa shape index (κ1) is 16.1. The Labute approximate surface area is 131 Å². The van der Waals surface area contributed by atoms with Crippen LogP contribution in [-0.2, 0) is 4.79 Å². The zero-order valence-corrected chi connectivity index (χ0v) is 13.1. The lowest BCUT2D eigenvalue weighted by atomic mass is 10.1. The van der Waals surface area contributed by atoms with Gasteiger partial charge < -0.3 is 10.1 Å². The number of carbonyl (C=O) groups excluding carboxylic acids is 1. The van der Waals surface area contributed by atoms with Crippen molar-refractivity contribution in [1.82, 2.24) is 5.32 Å². The highest BCUT2D eigenvalue weighted by Crippen LogP contribution is 2.19. The molecule has 4 nitrogen and oxygen atoms in total. The molecule has 1 amide bonds. The van der Waals surface area contributed by atoms with Gasteiger partial charge in [0.25, 0.3) is 5.91 Å². The van der Waals surface area contributed by atoms with E-state index >= 15 is 0 Å². The molecule has 4 heteroatoms. The largest absolute Gasteiger partial charge is 0.491 e. The quantitative estimate of drug-likeness (QED) is 0.669. The van der Waals surface area contributed by atoms with E-state index in [9.17, 15) is 10.1 Å². The number of hydrogen-bond donors (Lipinski definition) is 1. The summed E-state index contributed by atoms with van der Waals surface area (Å²) in [6.45, 7) is 3.91. The summed E-state index contributed by atoms with van der Waals surface area (Å²) in [5.41, 5.74) is 0.921. The van der Waals surface area contributed by atoms with Crippen molar-refractivity contribution >= 4 is 12.0 Å². The highest BCUT2D eigenvalue weighted by Gasteiger charge is 2.19. The second-order valence-corrected chi connectivity index (χ2v) is 5.86. The molecule has 116 valence electrons. The summed E-state index contributed by atoms with van der Waals surface area (Å²) >= 11 is 0. The van der Waals surface area contributed by atoms with Gasteiger partial charge in [0.2, 0.25) is 0 Å². The van der Waals surface area contributed by atoms with Gasteiger partial charge in [0, 0.05) is 6.04 Å². The van der Waals surface area contributed by atoms with Crippen molar-refractivity contribution in [2.45, 2.75) is 51.7 Å². The van der Waals surface area contributed by atoms with Crippen LogP contribution in [0.2, 0.25) is 0 Å². The van der Waals surface area contributed by atoms with Crippen molar-refractivity contribution < 1.29 is 9.53 Å². The number of nitrogens with zero attached hydrogens (tertiary/aromatic N) is 1. The fourth-order valence-corrected chi connectivity index (χ4v) is 2.60. The molecule has 1 N–H and O–H groups in total. The van der Waals surface area contributed by atoms with E-state index in [1.807, 2.05) is 44.2 Å². The van der Waals surface area contributed by atoms with Crippen molar-refractivity contribution in [1.29, 1.82) is 5.26 Å². The number of nitriles is 1. The van der Waals surface area contributed by atoms with E-state index in [4.69, 9.17) is 4.74 Å². The molecule has 0 atom stereocenters. The summed E-state index contributed by atoms with van der Waals surface area (Å²) in [4.78, 5) is 12.2. The molecule has 0 bridgehead atoms. The van der Waals surface area contributed by atoms with Crippen LogP contribution in [0.5, 0.6) is 5.75 Å². The first-order chi connectivity index (χ1) is 10.6. The fourth-order valence-electron chi connectivity index (χ4n) is 2.60. The Morgan fingerprint density at radius 1 is 1.41 bits per heavy atom. The van der Waals surface area contributed by atoms with E-state index in [0.717, 1.165) is 37.0 Å². The lowest BCUT2D eigenvalue weighted by molar-refractivity contribution is -0.117.